The minimum Gasteiger partial charge on any atom is -0.444 e. The number of alkyl halides is 3. The van der Waals surface area contributed by atoms with E-state index in [2.05, 4.69) is 9.88 Å². The third-order valence-electron chi connectivity index (χ3n) is 5.03. The van der Waals surface area contributed by atoms with E-state index in [1.54, 1.807) is 15.9 Å². The Morgan fingerprint density at radius 3 is 2.33 bits per heavy atom. The molecule has 1 aromatic heterocycles. The number of rotatable bonds is 2. The van der Waals surface area contributed by atoms with E-state index in [-0.39, 0.29) is 23.0 Å². The van der Waals surface area contributed by atoms with Gasteiger partial charge in [-0.3, -0.25) is 4.90 Å². The molecule has 0 spiro atoms. The predicted molar refractivity (Wildman–Crippen MR) is 104 cm³/mol. The molecule has 0 bridgehead atoms. The fourth-order valence-electron chi connectivity index (χ4n) is 3.55. The van der Waals surface area contributed by atoms with E-state index < -0.39 is 23.0 Å². The number of piperazine rings is 1. The first-order valence-corrected chi connectivity index (χ1v) is 9.91. The molecule has 2 fully saturated rings. The number of anilines is 1. The molecular weight excluding hydrogens is 423 g/mol. The van der Waals surface area contributed by atoms with Crippen LogP contribution in [0.2, 0.25) is 5.15 Å². The molecule has 2 aliphatic rings. The Morgan fingerprint density at radius 2 is 1.83 bits per heavy atom. The Balaban J connectivity index is 1.61. The average molecular weight is 446 g/mol. The van der Waals surface area contributed by atoms with Gasteiger partial charge in [0.15, 0.2) is 5.69 Å². The normalized spacial score (nSPS) is 18.7. The molecule has 0 saturated carbocycles. The molecule has 3 rings (SSSR count). The lowest BCUT2D eigenvalue weighted by atomic mass is 10.0. The molecule has 2 aliphatic heterocycles. The van der Waals surface area contributed by atoms with Gasteiger partial charge in [0, 0.05) is 51.4 Å². The van der Waals surface area contributed by atoms with Gasteiger partial charge in [-0.2, -0.15) is 18.4 Å². The van der Waals surface area contributed by atoms with E-state index in [4.69, 9.17) is 16.3 Å². The van der Waals surface area contributed by atoms with Crippen LogP contribution >= 0.6 is 11.6 Å². The number of carbonyl (C=O) groups is 1. The minimum absolute atomic E-state index is 0.124. The van der Waals surface area contributed by atoms with Crippen LogP contribution in [0, 0.1) is 11.3 Å². The Bertz CT molecular complexity index is 851. The van der Waals surface area contributed by atoms with Gasteiger partial charge in [0.2, 0.25) is 0 Å². The van der Waals surface area contributed by atoms with Crippen LogP contribution in [0.25, 0.3) is 0 Å². The molecule has 7 nitrogen and oxygen atoms in total. The second-order valence-electron chi connectivity index (χ2n) is 8.36. The maximum atomic E-state index is 13.2. The molecule has 3 heterocycles. The van der Waals surface area contributed by atoms with Gasteiger partial charge in [0.25, 0.3) is 0 Å². The molecule has 0 atom stereocenters. The number of pyridine rings is 1. The Labute approximate surface area is 177 Å². The number of amides is 1. The maximum Gasteiger partial charge on any atom is 0.434 e. The summed E-state index contributed by atoms with van der Waals surface area (Å²) in [5, 5.41) is 8.98. The minimum atomic E-state index is -4.76. The quantitative estimate of drug-likeness (QED) is 0.650. The van der Waals surface area contributed by atoms with Crippen molar-refractivity contribution in [1.82, 2.24) is 14.8 Å². The molecule has 1 aromatic rings. The van der Waals surface area contributed by atoms with Crippen LogP contribution in [-0.4, -0.2) is 71.8 Å². The van der Waals surface area contributed by atoms with Crippen LogP contribution in [0.15, 0.2) is 6.07 Å². The topological polar surface area (TPSA) is 72.7 Å². The van der Waals surface area contributed by atoms with Gasteiger partial charge in [0.05, 0.1) is 5.69 Å². The van der Waals surface area contributed by atoms with Gasteiger partial charge in [0.1, 0.15) is 22.4 Å². The first-order chi connectivity index (χ1) is 13.9. The van der Waals surface area contributed by atoms with E-state index in [9.17, 15) is 23.2 Å². The lowest BCUT2D eigenvalue weighted by Crippen LogP contribution is -2.63. The summed E-state index contributed by atoms with van der Waals surface area (Å²) in [5.74, 6) is 0. The third kappa shape index (κ3) is 4.90. The van der Waals surface area contributed by atoms with Crippen molar-refractivity contribution in [1.29, 1.82) is 5.26 Å². The highest BCUT2D eigenvalue weighted by Gasteiger charge is 2.41. The lowest BCUT2D eigenvalue weighted by molar-refractivity contribution is -0.141. The van der Waals surface area contributed by atoms with Gasteiger partial charge in [-0.1, -0.05) is 11.6 Å². The van der Waals surface area contributed by atoms with Gasteiger partial charge in [-0.15, -0.1) is 0 Å². The zero-order valence-corrected chi connectivity index (χ0v) is 17.7. The SMILES string of the molecule is CC(C)(C)OC(=O)N1CCN(C2CN(c3cc(Cl)nc(C(F)(F)F)c3C#N)C2)CC1. The van der Waals surface area contributed by atoms with Gasteiger partial charge >= 0.3 is 12.3 Å². The highest BCUT2D eigenvalue weighted by Crippen LogP contribution is 2.38. The monoisotopic (exact) mass is 445 g/mol. The van der Waals surface area contributed by atoms with Crippen molar-refractivity contribution < 1.29 is 22.7 Å². The summed E-state index contributed by atoms with van der Waals surface area (Å²) in [6, 6.07) is 3.05. The Morgan fingerprint density at radius 1 is 1.23 bits per heavy atom. The summed E-state index contributed by atoms with van der Waals surface area (Å²) in [6.45, 7) is 8.72. The Kier molecular flexibility index (Phi) is 6.07. The molecule has 164 valence electrons. The molecule has 2 saturated heterocycles. The highest BCUT2D eigenvalue weighted by molar-refractivity contribution is 6.29. The fourth-order valence-corrected chi connectivity index (χ4v) is 3.73. The number of hydrogen-bond acceptors (Lipinski definition) is 6. The second kappa shape index (κ2) is 8.12. The standard InChI is InChI=1S/C19H23ClF3N5O2/c1-18(2,3)30-17(29)27-6-4-26(5-7-27)12-10-28(11-12)14-8-15(20)25-16(13(14)9-24)19(21,22)23/h8,12H,4-7,10-11H2,1-3H3. The molecular formula is C19H23ClF3N5O2. The number of hydrogen-bond donors (Lipinski definition) is 0. The van der Waals surface area contributed by atoms with Crippen molar-refractivity contribution in [2.75, 3.05) is 44.2 Å². The third-order valence-corrected chi connectivity index (χ3v) is 5.23. The van der Waals surface area contributed by atoms with E-state index >= 15 is 0 Å². The van der Waals surface area contributed by atoms with Gasteiger partial charge in [-0.25, -0.2) is 9.78 Å². The smallest absolute Gasteiger partial charge is 0.434 e. The molecule has 0 aliphatic carbocycles. The average Bonchev–Trinajstić information content (AvgIpc) is 2.58. The van der Waals surface area contributed by atoms with Crippen LogP contribution in [-0.2, 0) is 10.9 Å². The van der Waals surface area contributed by atoms with Crippen molar-refractivity contribution in [3.63, 3.8) is 0 Å². The summed E-state index contributed by atoms with van der Waals surface area (Å²) in [4.78, 5) is 21.0. The summed E-state index contributed by atoms with van der Waals surface area (Å²) in [7, 11) is 0. The van der Waals surface area contributed by atoms with E-state index in [1.165, 1.54) is 6.07 Å². The lowest BCUT2D eigenvalue weighted by Gasteiger charge is -2.49. The number of ether oxygens (including phenoxy) is 1. The number of carbonyl (C=O) groups excluding carboxylic acids is 1. The first kappa shape index (κ1) is 22.4. The maximum absolute atomic E-state index is 13.2. The number of nitriles is 1. The van der Waals surface area contributed by atoms with E-state index in [1.807, 2.05) is 20.8 Å². The molecule has 0 radical (unpaired) electrons. The summed E-state index contributed by atoms with van der Waals surface area (Å²) >= 11 is 5.78. The van der Waals surface area contributed by atoms with Gasteiger partial charge in [-0.05, 0) is 20.8 Å². The van der Waals surface area contributed by atoms with E-state index in [0.717, 1.165) is 0 Å². The van der Waals surface area contributed by atoms with Crippen molar-refractivity contribution in [2.45, 2.75) is 38.6 Å². The van der Waals surface area contributed by atoms with Crippen molar-refractivity contribution in [3.05, 3.63) is 22.5 Å². The molecule has 0 aromatic carbocycles. The Hall–Kier alpha value is -2.25. The molecule has 1 amide bonds. The molecule has 30 heavy (non-hydrogen) atoms. The van der Waals surface area contributed by atoms with Crippen molar-refractivity contribution in [3.8, 4) is 6.07 Å². The second-order valence-corrected chi connectivity index (χ2v) is 8.75. The molecule has 0 N–H and O–H groups in total. The summed E-state index contributed by atoms with van der Waals surface area (Å²) < 4.78 is 45.0. The number of halogens is 4. The highest BCUT2D eigenvalue weighted by atomic mass is 35.5. The number of aromatic nitrogens is 1. The predicted octanol–water partition coefficient (Wildman–Crippen LogP) is 3.37. The molecule has 11 heteroatoms. The van der Waals surface area contributed by atoms with Crippen LogP contribution in [0.4, 0.5) is 23.7 Å². The zero-order valence-electron chi connectivity index (χ0n) is 17.0. The summed E-state index contributed by atoms with van der Waals surface area (Å²) in [5.41, 5.74) is -2.18. The largest absolute Gasteiger partial charge is 0.444 e. The fraction of sp³-hybridized carbons (Fsp3) is 0.632. The van der Waals surface area contributed by atoms with Gasteiger partial charge < -0.3 is 14.5 Å². The number of nitrogens with zero attached hydrogens (tertiary/aromatic N) is 5. The van der Waals surface area contributed by atoms with Crippen molar-refractivity contribution >= 4 is 23.4 Å². The van der Waals surface area contributed by atoms with Crippen LogP contribution in [0.3, 0.4) is 0 Å². The van der Waals surface area contributed by atoms with Crippen molar-refractivity contribution in [2.24, 2.45) is 0 Å². The van der Waals surface area contributed by atoms with Crippen LogP contribution < -0.4 is 4.90 Å². The van der Waals surface area contributed by atoms with Crippen LogP contribution in [0.5, 0.6) is 0 Å². The first-order valence-electron chi connectivity index (χ1n) is 9.54. The molecule has 0 unspecified atom stereocenters. The summed E-state index contributed by atoms with van der Waals surface area (Å²) in [6.07, 6.45) is -5.10. The zero-order chi connectivity index (χ0) is 22.3. The van der Waals surface area contributed by atoms with Crippen LogP contribution in [0.1, 0.15) is 32.0 Å². The van der Waals surface area contributed by atoms with E-state index in [0.29, 0.717) is 39.3 Å².